The number of nitrogens with zero attached hydrogens (tertiary/aromatic N) is 4. The number of carbonyl (C=O) groups is 6. The molecule has 4 amide bonds. The number of sulfonamides is 1. The van der Waals surface area contributed by atoms with Crippen LogP contribution >= 0.6 is 11.6 Å². The van der Waals surface area contributed by atoms with Gasteiger partial charge in [0.15, 0.2) is 6.10 Å². The van der Waals surface area contributed by atoms with Crippen LogP contribution in [0.15, 0.2) is 141 Å². The van der Waals surface area contributed by atoms with Crippen molar-refractivity contribution in [1.82, 2.24) is 31.0 Å². The van der Waals surface area contributed by atoms with E-state index in [4.69, 9.17) is 26.3 Å². The summed E-state index contributed by atoms with van der Waals surface area (Å²) in [5.41, 5.74) is 8.59. The highest BCUT2D eigenvalue weighted by atomic mass is 35.5. The number of Topliss-reactive ketones (excluding diaryl/α,β-unsaturated/α-hetero) is 2. The summed E-state index contributed by atoms with van der Waals surface area (Å²) in [7, 11) is -3.30. The van der Waals surface area contributed by atoms with E-state index in [-0.39, 0.29) is 47.9 Å². The number of halogens is 1. The molecule has 2 aliphatic heterocycles. The van der Waals surface area contributed by atoms with E-state index >= 15 is 0 Å². The fraction of sp³-hybridized carbons (Fsp3) is 0.373. The van der Waals surface area contributed by atoms with Gasteiger partial charge in [0.25, 0.3) is 11.8 Å². The maximum absolute atomic E-state index is 13.9. The van der Waals surface area contributed by atoms with Crippen molar-refractivity contribution in [2.24, 2.45) is 20.8 Å². The Kier molecular flexibility index (Phi) is 19.3. The largest absolute Gasteiger partial charge is 0.479 e. The smallest absolute Gasteiger partial charge is 0.265 e. The average molecular weight is 1230 g/mol. The number of aromatic amines is 1. The number of nitrogens with one attached hydrogen (secondary N) is 6. The van der Waals surface area contributed by atoms with Crippen LogP contribution in [0.25, 0.3) is 10.9 Å². The maximum atomic E-state index is 13.9. The molecule has 1 aromatic heterocycles. The zero-order chi connectivity index (χ0) is 63.4. The number of carbonyl (C=O) groups excluding carboxylic acids is 6. The normalized spacial score (nSPS) is 18.4. The van der Waals surface area contributed by atoms with E-state index < -0.39 is 38.6 Å². The second-order valence-electron chi connectivity index (χ2n) is 23.7. The lowest BCUT2D eigenvalue weighted by Crippen LogP contribution is -2.50. The number of ether oxygens (including phenoxy) is 1. The molecule has 1 fully saturated rings. The van der Waals surface area contributed by atoms with Gasteiger partial charge in [-0.15, -0.1) is 0 Å². The monoisotopic (exact) mass is 1230 g/mol. The van der Waals surface area contributed by atoms with E-state index in [9.17, 15) is 37.2 Å². The second-order valence-corrected chi connectivity index (χ2v) is 26.0. The maximum Gasteiger partial charge on any atom is 0.265 e. The zero-order valence-electron chi connectivity index (χ0n) is 51.5. The average Bonchev–Trinajstić information content (AvgIpc) is 1.18. The lowest BCUT2D eigenvalue weighted by atomic mass is 9.66. The highest BCUT2D eigenvalue weighted by Gasteiger charge is 2.48. The number of allylic oxidation sites excluding steroid dienone is 4. The first-order chi connectivity index (χ1) is 41.8. The van der Waals surface area contributed by atoms with Gasteiger partial charge >= 0.3 is 0 Å². The standard InChI is InChI=1S/C34H37N5O3.C33H40ClN5O6S/c1-4-39(5-2)28-14-13-25(29-23(28)15-18-35-29)36-26-19-27(37-32(41)22-11-9-21(3)10-12-22)31(40)24-20-34(16-7-6-8-17-34)33(42)38-30(24)26;1-8-39(14-13-35-46(7,43)44)22-10-11-24(20(3)16-22)36-25-17-26(31(41)29-30(25)38-28(40)18-33(29,5)6)37-32(42)21(4)45-27-12-9-19(2)15-23(27)34/h9-15,18-19,35H,4-8,16-17,20H2,1-3H3,(H,37,41)(H,38,42);9-12,15-17,21,35H,8,13-14,18H2,1-7H3,(H,37,42)(H,38,40). The minimum Gasteiger partial charge on any atom is -0.479 e. The first kappa shape index (κ1) is 64.0. The van der Waals surface area contributed by atoms with Crippen LogP contribution in [0.2, 0.25) is 5.02 Å². The lowest BCUT2D eigenvalue weighted by Gasteiger charge is -2.41. The highest BCUT2D eigenvalue weighted by molar-refractivity contribution is 7.88. The number of fused-ring (bicyclic) bond motifs is 1. The summed E-state index contributed by atoms with van der Waals surface area (Å²) in [6, 6.07) is 24.2. The molecule has 19 nitrogen and oxygen atoms in total. The molecule has 3 aliphatic carbocycles. The Bertz CT molecular complexity index is 3960. The number of aryl methyl sites for hydroxylation is 3. The summed E-state index contributed by atoms with van der Waals surface area (Å²) in [4.78, 5) is 97.9. The molecule has 0 radical (unpaired) electrons. The van der Waals surface area contributed by atoms with Crippen LogP contribution in [-0.4, -0.2) is 105 Å². The highest BCUT2D eigenvalue weighted by Crippen LogP contribution is 2.47. The number of ketones is 2. The Labute approximate surface area is 519 Å². The molecule has 3 heterocycles. The fourth-order valence-corrected chi connectivity index (χ4v) is 12.7. The Hall–Kier alpha value is -8.46. The molecular formula is C67H77ClN10O9S. The third-order valence-electron chi connectivity index (χ3n) is 16.7. The summed E-state index contributed by atoms with van der Waals surface area (Å²) in [6.07, 6.45) is 10.1. The fourth-order valence-electron chi connectivity index (χ4n) is 12.0. The van der Waals surface area contributed by atoms with Crippen LogP contribution in [0.5, 0.6) is 5.75 Å². The molecule has 1 atom stereocenters. The molecule has 5 aromatic rings. The molecule has 6 N–H and O–H groups in total. The number of rotatable bonds is 17. The minimum absolute atomic E-state index is 0.0157. The number of aliphatic imine (C=N–C) groups is 2. The van der Waals surface area contributed by atoms with E-state index in [0.29, 0.717) is 81.2 Å². The lowest BCUT2D eigenvalue weighted by molar-refractivity contribution is -0.133. The molecule has 0 bridgehead atoms. The van der Waals surface area contributed by atoms with E-state index in [0.717, 1.165) is 90.4 Å². The van der Waals surface area contributed by atoms with Crippen molar-refractivity contribution >= 4 is 102 Å². The second kappa shape index (κ2) is 26.5. The number of aromatic nitrogens is 1. The quantitative estimate of drug-likeness (QED) is 0.0478. The van der Waals surface area contributed by atoms with Crippen LogP contribution in [0.1, 0.15) is 114 Å². The minimum atomic E-state index is -3.30. The molecule has 5 aliphatic rings. The number of amides is 4. The van der Waals surface area contributed by atoms with Crippen LogP contribution in [0.4, 0.5) is 22.7 Å². The Balaban J connectivity index is 0.000000210. The van der Waals surface area contributed by atoms with Crippen molar-refractivity contribution in [3.63, 3.8) is 0 Å². The van der Waals surface area contributed by atoms with Gasteiger partial charge in [-0.1, -0.05) is 68.5 Å². The van der Waals surface area contributed by atoms with Crippen molar-refractivity contribution in [3.8, 4) is 5.75 Å². The van der Waals surface area contributed by atoms with E-state index in [1.807, 2.05) is 101 Å². The van der Waals surface area contributed by atoms with Gasteiger partial charge in [0.05, 0.1) is 67.8 Å². The first-order valence-electron chi connectivity index (χ1n) is 29.9. The van der Waals surface area contributed by atoms with Gasteiger partial charge in [0.1, 0.15) is 5.75 Å². The van der Waals surface area contributed by atoms with Gasteiger partial charge in [-0.05, 0) is 152 Å². The molecule has 10 rings (SSSR count). The van der Waals surface area contributed by atoms with Crippen LogP contribution in [0, 0.1) is 31.6 Å². The number of likely N-dealkylation sites (N-methyl/N-ethyl adjacent to an activating group) is 1. The van der Waals surface area contributed by atoms with Gasteiger partial charge in [0.2, 0.25) is 33.4 Å². The Morgan fingerprint density at radius 2 is 1.40 bits per heavy atom. The predicted octanol–water partition coefficient (Wildman–Crippen LogP) is 10.3. The Morgan fingerprint density at radius 3 is 2.06 bits per heavy atom. The molecule has 1 spiro atoms. The van der Waals surface area contributed by atoms with Gasteiger partial charge in [-0.2, -0.15) is 0 Å². The number of hydrogen-bond acceptors (Lipinski definition) is 13. The summed E-state index contributed by atoms with van der Waals surface area (Å²) in [5, 5.41) is 12.9. The van der Waals surface area contributed by atoms with Crippen molar-refractivity contribution in [3.05, 3.63) is 158 Å². The zero-order valence-corrected chi connectivity index (χ0v) is 53.1. The third-order valence-corrected chi connectivity index (χ3v) is 17.7. The summed E-state index contributed by atoms with van der Waals surface area (Å²) < 4.78 is 31.3. The van der Waals surface area contributed by atoms with E-state index in [1.165, 1.54) is 6.08 Å². The summed E-state index contributed by atoms with van der Waals surface area (Å²) in [5.74, 6) is -1.53. The van der Waals surface area contributed by atoms with Gasteiger partial charge in [0, 0.05) is 84.2 Å². The van der Waals surface area contributed by atoms with E-state index in [1.54, 1.807) is 37.3 Å². The molecule has 1 saturated carbocycles. The SMILES string of the molecule is CCN(CC)c1ccc(N=C2C=C(NC(=O)c3ccc(C)cc3)C(=O)C3=C2NC(=O)C2(CCCCC2)C3)c2[nH]ccc12.CCN(CCNS(C)(=O)=O)c1ccc(N=C2C=C(NC(=O)C(C)Oc3ccc(C)cc3Cl)C(=O)C3=C2NC(=O)CC3(C)C)c(C)c1. The number of benzene rings is 4. The van der Waals surface area contributed by atoms with Crippen LogP contribution < -0.4 is 40.5 Å². The van der Waals surface area contributed by atoms with Crippen molar-refractivity contribution in [1.29, 1.82) is 0 Å². The number of hydrogen-bond donors (Lipinski definition) is 6. The van der Waals surface area contributed by atoms with E-state index in [2.05, 4.69) is 55.8 Å². The van der Waals surface area contributed by atoms with Crippen molar-refractivity contribution < 1.29 is 41.9 Å². The van der Waals surface area contributed by atoms with Crippen LogP contribution in [-0.2, 0) is 34.0 Å². The molecule has 21 heteroatoms. The van der Waals surface area contributed by atoms with Gasteiger partial charge < -0.3 is 40.8 Å². The van der Waals surface area contributed by atoms with Gasteiger partial charge in [-0.25, -0.2) is 23.1 Å². The molecule has 1 unspecified atom stereocenters. The number of anilines is 2. The summed E-state index contributed by atoms with van der Waals surface area (Å²) >= 11 is 6.29. The first-order valence-corrected chi connectivity index (χ1v) is 32.2. The molecule has 0 saturated heterocycles. The van der Waals surface area contributed by atoms with Gasteiger partial charge in [-0.3, -0.25) is 28.8 Å². The third kappa shape index (κ3) is 14.1. The molecule has 462 valence electrons. The topological polar surface area (TPSA) is 253 Å². The number of H-pyrrole nitrogens is 1. The molecular weight excluding hydrogens is 1160 g/mol. The van der Waals surface area contributed by atoms with Crippen LogP contribution in [0.3, 0.4) is 0 Å². The molecule has 4 aromatic carbocycles. The summed E-state index contributed by atoms with van der Waals surface area (Å²) in [6.45, 7) is 20.3. The van der Waals surface area contributed by atoms with Crippen molar-refractivity contribution in [2.45, 2.75) is 113 Å². The Morgan fingerprint density at radius 1 is 0.750 bits per heavy atom. The van der Waals surface area contributed by atoms with Crippen molar-refractivity contribution in [2.75, 3.05) is 48.8 Å². The molecule has 88 heavy (non-hydrogen) atoms. The predicted molar refractivity (Wildman–Crippen MR) is 346 cm³/mol.